The van der Waals surface area contributed by atoms with Crippen LogP contribution in [0.3, 0.4) is 0 Å². The summed E-state index contributed by atoms with van der Waals surface area (Å²) in [5.41, 5.74) is 2.15. The number of aromatic nitrogens is 3. The third kappa shape index (κ3) is 4.43. The summed E-state index contributed by atoms with van der Waals surface area (Å²) in [5.74, 6) is 0.420. The van der Waals surface area contributed by atoms with E-state index in [1.54, 1.807) is 12.1 Å². The molecular formula is C24H25N5O3S2. The summed E-state index contributed by atoms with van der Waals surface area (Å²) in [7, 11) is -3.69. The van der Waals surface area contributed by atoms with Crippen molar-refractivity contribution < 1.29 is 13.2 Å². The van der Waals surface area contributed by atoms with Gasteiger partial charge in [0.1, 0.15) is 12.4 Å². The highest BCUT2D eigenvalue weighted by atomic mass is 32.2. The molecule has 8 nitrogen and oxygen atoms in total. The molecule has 3 heterocycles. The van der Waals surface area contributed by atoms with Crippen molar-refractivity contribution in [3.05, 3.63) is 72.7 Å². The molecule has 4 aromatic rings. The average Bonchev–Trinajstić information content (AvgIpc) is 3.53. The minimum Gasteiger partial charge on any atom is -0.341 e. The predicted molar refractivity (Wildman–Crippen MR) is 132 cm³/mol. The van der Waals surface area contributed by atoms with E-state index in [0.717, 1.165) is 40.8 Å². The first-order valence-electron chi connectivity index (χ1n) is 11.2. The lowest BCUT2D eigenvalue weighted by Gasteiger charge is -2.34. The molecule has 1 saturated heterocycles. The number of likely N-dealkylation sites (tertiary alicyclic amines) is 1. The van der Waals surface area contributed by atoms with Gasteiger partial charge in [-0.15, -0.1) is 0 Å². The number of amides is 1. The van der Waals surface area contributed by atoms with Gasteiger partial charge in [-0.2, -0.15) is 4.37 Å². The number of hydrogen-bond acceptors (Lipinski definition) is 6. The number of sulfonamides is 1. The number of anilines is 1. The van der Waals surface area contributed by atoms with Crippen LogP contribution in [-0.4, -0.2) is 46.2 Å². The quantitative estimate of drug-likeness (QED) is 0.431. The zero-order valence-electron chi connectivity index (χ0n) is 18.7. The van der Waals surface area contributed by atoms with E-state index in [4.69, 9.17) is 0 Å². The van der Waals surface area contributed by atoms with Crippen LogP contribution in [0.15, 0.2) is 72.0 Å². The van der Waals surface area contributed by atoms with E-state index in [-0.39, 0.29) is 22.0 Å². The lowest BCUT2D eigenvalue weighted by atomic mass is 9.89. The lowest BCUT2D eigenvalue weighted by Crippen LogP contribution is -2.41. The summed E-state index contributed by atoms with van der Waals surface area (Å²) in [6, 6.07) is 16.8. The zero-order valence-corrected chi connectivity index (χ0v) is 20.3. The van der Waals surface area contributed by atoms with Gasteiger partial charge in [0.25, 0.3) is 10.0 Å². The largest absolute Gasteiger partial charge is 0.341 e. The third-order valence-electron chi connectivity index (χ3n) is 6.46. The maximum absolute atomic E-state index is 13.2. The molecular weight excluding hydrogens is 470 g/mol. The second-order valence-corrected chi connectivity index (χ2v) is 10.9. The molecule has 1 amide bonds. The number of carbonyl (C=O) groups excluding carboxylic acids is 1. The molecule has 1 aliphatic rings. The molecule has 2 aromatic carbocycles. The minimum absolute atomic E-state index is 0.129. The number of fused-ring (bicyclic) bond motifs is 1. The second-order valence-electron chi connectivity index (χ2n) is 8.48. The fraction of sp³-hybridized carbons (Fsp3) is 0.292. The van der Waals surface area contributed by atoms with Gasteiger partial charge >= 0.3 is 0 Å². The van der Waals surface area contributed by atoms with Gasteiger partial charge in [0.05, 0.1) is 4.90 Å². The highest BCUT2D eigenvalue weighted by Gasteiger charge is 2.28. The molecule has 2 aromatic heterocycles. The Morgan fingerprint density at radius 2 is 1.82 bits per heavy atom. The maximum Gasteiger partial charge on any atom is 0.263 e. The fourth-order valence-corrected chi connectivity index (χ4v) is 6.23. The van der Waals surface area contributed by atoms with Crippen molar-refractivity contribution in [1.29, 1.82) is 0 Å². The molecule has 0 aliphatic carbocycles. The first kappa shape index (κ1) is 22.5. The Morgan fingerprint density at radius 1 is 1.09 bits per heavy atom. The van der Waals surface area contributed by atoms with Gasteiger partial charge in [0.15, 0.2) is 0 Å². The molecule has 176 valence electrons. The third-order valence-corrected chi connectivity index (χ3v) is 8.52. The van der Waals surface area contributed by atoms with Gasteiger partial charge in [-0.25, -0.2) is 13.4 Å². The highest BCUT2D eigenvalue weighted by molar-refractivity contribution is 7.93. The zero-order chi connectivity index (χ0) is 23.7. The Labute approximate surface area is 202 Å². The summed E-state index contributed by atoms with van der Waals surface area (Å²) < 4.78 is 33.3. The van der Waals surface area contributed by atoms with Crippen LogP contribution < -0.4 is 4.72 Å². The Bertz CT molecular complexity index is 1390. The molecule has 0 unspecified atom stereocenters. The van der Waals surface area contributed by atoms with E-state index in [0.29, 0.717) is 19.0 Å². The Balaban J connectivity index is 1.21. The van der Waals surface area contributed by atoms with Crippen LogP contribution in [0.25, 0.3) is 10.9 Å². The standard InChI is InChI=1S/C24H25N5O3S2/c1-17(29-15-12-20-4-2-3-5-22(20)29)23(30)28-13-10-19(11-14-28)18-6-8-21(9-7-18)34(31,32)27-24-25-16-26-33-24/h2-9,12,15-17,19H,10-11,13-14H2,1H3,(H,25,26,27)/t17-/m1/s1. The van der Waals surface area contributed by atoms with Gasteiger partial charge in [-0.1, -0.05) is 30.3 Å². The molecule has 1 fully saturated rings. The van der Waals surface area contributed by atoms with Crippen LogP contribution in [0.4, 0.5) is 5.13 Å². The number of carbonyl (C=O) groups is 1. The molecule has 1 atom stereocenters. The topological polar surface area (TPSA) is 97.2 Å². The van der Waals surface area contributed by atoms with Gasteiger partial charge in [0.2, 0.25) is 11.0 Å². The summed E-state index contributed by atoms with van der Waals surface area (Å²) in [5, 5.41) is 1.37. The van der Waals surface area contributed by atoms with Crippen LogP contribution in [0.5, 0.6) is 0 Å². The minimum atomic E-state index is -3.69. The molecule has 34 heavy (non-hydrogen) atoms. The van der Waals surface area contributed by atoms with E-state index < -0.39 is 10.0 Å². The van der Waals surface area contributed by atoms with Gasteiger partial charge < -0.3 is 9.47 Å². The van der Waals surface area contributed by atoms with Crippen molar-refractivity contribution in [2.24, 2.45) is 0 Å². The van der Waals surface area contributed by atoms with Crippen LogP contribution in [0.2, 0.25) is 0 Å². The van der Waals surface area contributed by atoms with Gasteiger partial charge in [0, 0.05) is 36.3 Å². The van der Waals surface area contributed by atoms with E-state index in [2.05, 4.69) is 20.1 Å². The van der Waals surface area contributed by atoms with Crippen molar-refractivity contribution in [2.45, 2.75) is 36.6 Å². The number of nitrogens with zero attached hydrogens (tertiary/aromatic N) is 4. The maximum atomic E-state index is 13.2. The molecule has 0 spiro atoms. The molecule has 1 aliphatic heterocycles. The summed E-state index contributed by atoms with van der Waals surface area (Å²) in [6.07, 6.45) is 4.99. The van der Waals surface area contributed by atoms with Gasteiger partial charge in [-0.3, -0.25) is 9.52 Å². The molecule has 1 N–H and O–H groups in total. The fourth-order valence-electron chi connectivity index (χ4n) is 4.57. The number of nitrogens with one attached hydrogen (secondary N) is 1. The number of hydrogen-bond donors (Lipinski definition) is 1. The molecule has 0 saturated carbocycles. The molecule has 0 bridgehead atoms. The SMILES string of the molecule is C[C@H](C(=O)N1CCC(c2ccc(S(=O)(=O)Nc3ncns3)cc2)CC1)n1ccc2ccccc21. The number of benzene rings is 2. The van der Waals surface area contributed by atoms with Crippen molar-refractivity contribution in [3.8, 4) is 0 Å². The summed E-state index contributed by atoms with van der Waals surface area (Å²) >= 11 is 0.989. The molecule has 10 heteroatoms. The first-order valence-corrected chi connectivity index (χ1v) is 13.4. The van der Waals surface area contributed by atoms with Crippen molar-refractivity contribution >= 4 is 43.5 Å². The van der Waals surface area contributed by atoms with Crippen LogP contribution in [0, 0.1) is 0 Å². The first-order chi connectivity index (χ1) is 16.4. The van der Waals surface area contributed by atoms with E-state index in [1.165, 1.54) is 6.33 Å². The molecule has 0 radical (unpaired) electrons. The Kier molecular flexibility index (Phi) is 6.09. The van der Waals surface area contributed by atoms with E-state index in [9.17, 15) is 13.2 Å². The van der Waals surface area contributed by atoms with Crippen molar-refractivity contribution in [1.82, 2.24) is 18.8 Å². The monoisotopic (exact) mass is 495 g/mol. The highest BCUT2D eigenvalue weighted by Crippen LogP contribution is 2.30. The van der Waals surface area contributed by atoms with Gasteiger partial charge in [-0.05, 0) is 60.9 Å². The Morgan fingerprint density at radius 3 is 2.53 bits per heavy atom. The van der Waals surface area contributed by atoms with Crippen molar-refractivity contribution in [3.63, 3.8) is 0 Å². The predicted octanol–water partition coefficient (Wildman–Crippen LogP) is 4.26. The lowest BCUT2D eigenvalue weighted by molar-refractivity contribution is -0.135. The van der Waals surface area contributed by atoms with Crippen LogP contribution in [-0.2, 0) is 14.8 Å². The number of para-hydroxylation sites is 1. The number of piperidine rings is 1. The van der Waals surface area contributed by atoms with E-state index >= 15 is 0 Å². The average molecular weight is 496 g/mol. The Hall–Kier alpha value is -3.24. The smallest absolute Gasteiger partial charge is 0.263 e. The number of rotatable bonds is 6. The van der Waals surface area contributed by atoms with E-state index in [1.807, 2.05) is 59.0 Å². The summed E-state index contributed by atoms with van der Waals surface area (Å²) in [6.45, 7) is 3.33. The normalized spacial score (nSPS) is 16.0. The van der Waals surface area contributed by atoms with Crippen LogP contribution >= 0.6 is 11.5 Å². The molecule has 5 rings (SSSR count). The summed E-state index contributed by atoms with van der Waals surface area (Å²) in [4.78, 5) is 19.2. The van der Waals surface area contributed by atoms with Crippen molar-refractivity contribution in [2.75, 3.05) is 17.8 Å². The second kappa shape index (κ2) is 9.19. The van der Waals surface area contributed by atoms with Crippen LogP contribution in [0.1, 0.15) is 37.3 Å².